The van der Waals surface area contributed by atoms with E-state index in [9.17, 15) is 31.5 Å². The molecule has 1 saturated heterocycles. The molecule has 1 aliphatic heterocycles. The predicted molar refractivity (Wildman–Crippen MR) is 84.8 cm³/mol. The molecule has 2 atom stereocenters. The number of carbonyl (C=O) groups excluding carboxylic acids is 2. The molecule has 3 rings (SSSR count). The van der Waals surface area contributed by atoms with Gasteiger partial charge in [-0.2, -0.15) is 13.2 Å². The monoisotopic (exact) mass is 411 g/mol. The van der Waals surface area contributed by atoms with E-state index < -0.39 is 58.7 Å². The van der Waals surface area contributed by atoms with Crippen LogP contribution in [0.1, 0.15) is 24.4 Å². The lowest BCUT2D eigenvalue weighted by molar-refractivity contribution is -0.207. The largest absolute Gasteiger partial charge is 0.391 e. The zero-order valence-electron chi connectivity index (χ0n) is 13.7. The topological polar surface area (TPSA) is 70.2 Å². The van der Waals surface area contributed by atoms with E-state index in [1.807, 2.05) is 0 Å². The van der Waals surface area contributed by atoms with Crippen LogP contribution in [0.25, 0.3) is 0 Å². The van der Waals surface area contributed by atoms with Crippen LogP contribution in [0.3, 0.4) is 0 Å². The number of amides is 3. The number of rotatable bonds is 4. The van der Waals surface area contributed by atoms with Crippen molar-refractivity contribution >= 4 is 23.5 Å². The molecule has 1 aliphatic carbocycles. The maximum atomic E-state index is 14.4. The first-order valence-corrected chi connectivity index (χ1v) is 8.50. The molecule has 27 heavy (non-hydrogen) atoms. The van der Waals surface area contributed by atoms with Crippen molar-refractivity contribution in [2.75, 3.05) is 6.54 Å². The van der Waals surface area contributed by atoms with Gasteiger partial charge in [-0.25, -0.2) is 13.6 Å². The Morgan fingerprint density at radius 2 is 1.93 bits per heavy atom. The van der Waals surface area contributed by atoms with E-state index in [0.29, 0.717) is 0 Å². The second kappa shape index (κ2) is 7.14. The smallest absolute Gasteiger partial charge is 0.347 e. The van der Waals surface area contributed by atoms with Gasteiger partial charge in [-0.15, -0.1) is 0 Å². The van der Waals surface area contributed by atoms with Gasteiger partial charge >= 0.3 is 12.2 Å². The molecule has 148 valence electrons. The maximum absolute atomic E-state index is 14.4. The van der Waals surface area contributed by atoms with Crippen molar-refractivity contribution in [2.45, 2.75) is 31.1 Å². The van der Waals surface area contributed by atoms with Crippen LogP contribution < -0.4 is 16.0 Å². The van der Waals surface area contributed by atoms with Crippen molar-refractivity contribution in [1.29, 1.82) is 0 Å². The van der Waals surface area contributed by atoms with Crippen LogP contribution in [0.5, 0.6) is 0 Å². The van der Waals surface area contributed by atoms with Gasteiger partial charge in [-0.1, -0.05) is 17.7 Å². The lowest BCUT2D eigenvalue weighted by Gasteiger charge is -2.41. The number of nitrogens with one attached hydrogen (secondary N) is 3. The van der Waals surface area contributed by atoms with Crippen LogP contribution >= 0.6 is 11.6 Å². The number of urea groups is 1. The molecular formula is C16H15ClF5N3O2. The first-order chi connectivity index (χ1) is 12.6. The van der Waals surface area contributed by atoms with Crippen molar-refractivity contribution in [2.24, 2.45) is 11.8 Å². The molecular weight excluding hydrogens is 397 g/mol. The fourth-order valence-corrected chi connectivity index (χ4v) is 3.47. The third kappa shape index (κ3) is 3.95. The van der Waals surface area contributed by atoms with Crippen LogP contribution in [-0.4, -0.2) is 30.7 Å². The minimum atomic E-state index is -4.38. The normalized spacial score (nSPS) is 26.0. The second-order valence-corrected chi connectivity index (χ2v) is 7.01. The van der Waals surface area contributed by atoms with E-state index in [0.717, 1.165) is 12.1 Å². The quantitative estimate of drug-likeness (QED) is 0.526. The van der Waals surface area contributed by atoms with Crippen LogP contribution in [0.4, 0.5) is 26.7 Å². The third-order valence-corrected chi connectivity index (χ3v) is 5.24. The van der Waals surface area contributed by atoms with Crippen molar-refractivity contribution in [3.05, 3.63) is 34.4 Å². The molecule has 1 saturated carbocycles. The molecule has 0 aromatic heterocycles. The average molecular weight is 412 g/mol. The van der Waals surface area contributed by atoms with Crippen molar-refractivity contribution in [1.82, 2.24) is 16.0 Å². The van der Waals surface area contributed by atoms with Gasteiger partial charge in [0.2, 0.25) is 5.91 Å². The Hall–Kier alpha value is -2.10. The summed E-state index contributed by atoms with van der Waals surface area (Å²) < 4.78 is 66.3. The Morgan fingerprint density at radius 1 is 1.26 bits per heavy atom. The van der Waals surface area contributed by atoms with Crippen molar-refractivity contribution in [3.8, 4) is 0 Å². The number of halogens is 6. The summed E-state index contributed by atoms with van der Waals surface area (Å²) in [5.41, 5.74) is -0.197. The van der Waals surface area contributed by atoms with Gasteiger partial charge < -0.3 is 16.0 Å². The third-order valence-electron chi connectivity index (χ3n) is 4.90. The fraction of sp³-hybridized carbons (Fsp3) is 0.500. The van der Waals surface area contributed by atoms with Crippen LogP contribution in [0.2, 0.25) is 5.02 Å². The van der Waals surface area contributed by atoms with Gasteiger partial charge in [-0.3, -0.25) is 4.79 Å². The standard InChI is InChI=1S/C16H15ClF5N3O2/c17-11-9(18)2-1-8(12(11)19)13(6-3-7(4-6)16(20,21)22)25-14(26)10-5-23-15(27)24-10/h1-2,6-7,10,13H,3-5H2,(H,25,26)(H2,23,24,27)/t6-,7-,10-,13+/m0/s1. The Balaban J connectivity index is 1.83. The second-order valence-electron chi connectivity index (χ2n) is 6.63. The van der Waals surface area contributed by atoms with Gasteiger partial charge in [-0.05, 0) is 24.8 Å². The predicted octanol–water partition coefficient (Wildman–Crippen LogP) is 3.05. The molecule has 2 fully saturated rings. The molecule has 11 heteroatoms. The molecule has 1 aromatic rings. The SMILES string of the molecule is O=C1NC[C@@H](C(=O)N[C@@H](c2ccc(F)c(Cl)c2F)[C@H]2C[C@H](C(F)(F)F)C2)N1. The van der Waals surface area contributed by atoms with Gasteiger partial charge in [0, 0.05) is 12.1 Å². The zero-order chi connectivity index (χ0) is 19.9. The van der Waals surface area contributed by atoms with Gasteiger partial charge in [0.25, 0.3) is 0 Å². The molecule has 0 unspecified atom stereocenters. The van der Waals surface area contributed by atoms with E-state index in [2.05, 4.69) is 16.0 Å². The van der Waals surface area contributed by atoms with Crippen LogP contribution in [0.15, 0.2) is 12.1 Å². The summed E-state index contributed by atoms with van der Waals surface area (Å²) in [5, 5.41) is 6.38. The number of carbonyl (C=O) groups is 2. The molecule has 1 aromatic carbocycles. The summed E-state index contributed by atoms with van der Waals surface area (Å²) in [6.45, 7) is -0.0140. The number of hydrogen-bond donors (Lipinski definition) is 3. The lowest BCUT2D eigenvalue weighted by Crippen LogP contribution is -2.49. The Kier molecular flexibility index (Phi) is 5.20. The Bertz CT molecular complexity index is 767. The highest BCUT2D eigenvalue weighted by molar-refractivity contribution is 6.31. The molecule has 1 heterocycles. The summed E-state index contributed by atoms with van der Waals surface area (Å²) in [4.78, 5) is 23.5. The highest BCUT2D eigenvalue weighted by atomic mass is 35.5. The molecule has 0 radical (unpaired) electrons. The van der Waals surface area contributed by atoms with Gasteiger partial charge in [0.1, 0.15) is 22.7 Å². The van der Waals surface area contributed by atoms with E-state index in [1.165, 1.54) is 0 Å². The summed E-state index contributed by atoms with van der Waals surface area (Å²) in [6.07, 6.45) is -5.00. The number of alkyl halides is 3. The summed E-state index contributed by atoms with van der Waals surface area (Å²) in [7, 11) is 0. The molecule has 3 amide bonds. The molecule has 0 bridgehead atoms. The molecule has 0 spiro atoms. The maximum Gasteiger partial charge on any atom is 0.391 e. The molecule has 2 aliphatic rings. The minimum Gasteiger partial charge on any atom is -0.347 e. The van der Waals surface area contributed by atoms with Gasteiger partial charge in [0.15, 0.2) is 0 Å². The van der Waals surface area contributed by atoms with Crippen LogP contribution in [-0.2, 0) is 4.79 Å². The van der Waals surface area contributed by atoms with E-state index in [1.54, 1.807) is 0 Å². The molecule has 5 nitrogen and oxygen atoms in total. The number of hydrogen-bond acceptors (Lipinski definition) is 2. The van der Waals surface area contributed by atoms with E-state index in [4.69, 9.17) is 11.6 Å². The van der Waals surface area contributed by atoms with Crippen molar-refractivity contribution < 1.29 is 31.5 Å². The van der Waals surface area contributed by atoms with E-state index in [-0.39, 0.29) is 24.9 Å². The number of benzene rings is 1. The summed E-state index contributed by atoms with van der Waals surface area (Å²) in [6, 6.07) is -0.709. The first-order valence-electron chi connectivity index (χ1n) is 8.12. The Labute approximate surface area is 155 Å². The summed E-state index contributed by atoms with van der Waals surface area (Å²) in [5.74, 6) is -5.09. The Morgan fingerprint density at radius 3 is 2.48 bits per heavy atom. The average Bonchev–Trinajstić information content (AvgIpc) is 2.96. The highest BCUT2D eigenvalue weighted by Gasteiger charge is 2.51. The van der Waals surface area contributed by atoms with Crippen molar-refractivity contribution in [3.63, 3.8) is 0 Å². The minimum absolute atomic E-state index is 0.0140. The van der Waals surface area contributed by atoms with E-state index >= 15 is 0 Å². The highest BCUT2D eigenvalue weighted by Crippen LogP contribution is 2.50. The lowest BCUT2D eigenvalue weighted by atomic mass is 9.69. The summed E-state index contributed by atoms with van der Waals surface area (Å²) >= 11 is 5.57. The fourth-order valence-electron chi connectivity index (χ4n) is 3.30. The zero-order valence-corrected chi connectivity index (χ0v) is 14.4. The van der Waals surface area contributed by atoms with Crippen LogP contribution in [0, 0.1) is 23.5 Å². The first kappa shape index (κ1) is 19.7. The molecule has 3 N–H and O–H groups in total. The van der Waals surface area contributed by atoms with Gasteiger partial charge in [0.05, 0.1) is 12.0 Å².